The van der Waals surface area contributed by atoms with Crippen LogP contribution >= 0.6 is 11.3 Å². The first kappa shape index (κ1) is 13.2. The average Bonchev–Trinajstić information content (AvgIpc) is 2.86. The quantitative estimate of drug-likeness (QED) is 0.782. The molecule has 0 bridgehead atoms. The lowest BCUT2D eigenvalue weighted by Gasteiger charge is -2.36. The number of amides is 1. The van der Waals surface area contributed by atoms with E-state index in [0.29, 0.717) is 15.8 Å². The molecule has 0 aromatic carbocycles. The molecule has 0 atom stereocenters. The van der Waals surface area contributed by atoms with Gasteiger partial charge in [0.05, 0.1) is 9.75 Å². The number of hydrogen-bond donors (Lipinski definition) is 0. The predicted octanol–water partition coefficient (Wildman–Crippen LogP) is 1.73. The molecule has 1 aromatic heterocycles. The third-order valence-electron chi connectivity index (χ3n) is 3.29. The Bertz CT molecular complexity index is 434. The van der Waals surface area contributed by atoms with E-state index >= 15 is 0 Å². The molecule has 1 aliphatic rings. The van der Waals surface area contributed by atoms with Crippen LogP contribution in [0.5, 0.6) is 0 Å². The van der Waals surface area contributed by atoms with Gasteiger partial charge in [0.2, 0.25) is 0 Å². The Morgan fingerprint density at radius 2 is 1.94 bits per heavy atom. The van der Waals surface area contributed by atoms with E-state index in [2.05, 4.69) is 18.7 Å². The lowest BCUT2D eigenvalue weighted by Crippen LogP contribution is -2.50. The average molecular weight is 266 g/mol. The van der Waals surface area contributed by atoms with E-state index in [0.717, 1.165) is 32.5 Å². The van der Waals surface area contributed by atoms with Gasteiger partial charge in [-0.3, -0.25) is 14.5 Å². The first-order valence-corrected chi connectivity index (χ1v) is 7.02. The highest BCUT2D eigenvalue weighted by molar-refractivity contribution is 7.15. The molecule has 0 aliphatic carbocycles. The number of piperazine rings is 1. The Hall–Kier alpha value is -1.20. The van der Waals surface area contributed by atoms with Crippen LogP contribution in [0.2, 0.25) is 0 Å². The van der Waals surface area contributed by atoms with Crippen molar-refractivity contribution >= 4 is 23.5 Å². The maximum absolute atomic E-state index is 12.2. The number of hydrogen-bond acceptors (Lipinski definition) is 4. The standard InChI is InChI=1S/C13H18N2O2S/c1-10(2)14-5-7-15(8-6-14)13(17)12-4-3-11(9-16)18-12/h3-4,9-10H,5-8H2,1-2H3. The van der Waals surface area contributed by atoms with Gasteiger partial charge in [0, 0.05) is 32.2 Å². The summed E-state index contributed by atoms with van der Waals surface area (Å²) >= 11 is 1.27. The third kappa shape index (κ3) is 2.79. The topological polar surface area (TPSA) is 40.6 Å². The first-order chi connectivity index (χ1) is 8.61. The normalized spacial score (nSPS) is 17.2. The fourth-order valence-corrected chi connectivity index (χ4v) is 2.92. The number of aldehydes is 1. The van der Waals surface area contributed by atoms with Gasteiger partial charge >= 0.3 is 0 Å². The zero-order chi connectivity index (χ0) is 13.1. The summed E-state index contributed by atoms with van der Waals surface area (Å²) in [4.78, 5) is 28.3. The van der Waals surface area contributed by atoms with Crippen LogP contribution in [0.4, 0.5) is 0 Å². The van der Waals surface area contributed by atoms with Crippen LogP contribution in [0, 0.1) is 0 Å². The van der Waals surface area contributed by atoms with Gasteiger partial charge in [-0.2, -0.15) is 0 Å². The summed E-state index contributed by atoms with van der Waals surface area (Å²) in [5, 5.41) is 0. The van der Waals surface area contributed by atoms with Crippen LogP contribution < -0.4 is 0 Å². The van der Waals surface area contributed by atoms with E-state index in [1.54, 1.807) is 12.1 Å². The lowest BCUT2D eigenvalue weighted by molar-refractivity contribution is 0.0600. The minimum Gasteiger partial charge on any atom is -0.335 e. The monoisotopic (exact) mass is 266 g/mol. The summed E-state index contributed by atoms with van der Waals surface area (Å²) in [6.07, 6.45) is 0.790. The van der Waals surface area contributed by atoms with Gasteiger partial charge in [0.25, 0.3) is 5.91 Å². The van der Waals surface area contributed by atoms with Crippen LogP contribution in [-0.2, 0) is 0 Å². The summed E-state index contributed by atoms with van der Waals surface area (Å²) in [6, 6.07) is 3.98. The zero-order valence-electron chi connectivity index (χ0n) is 10.8. The number of thiophene rings is 1. The second kappa shape index (κ2) is 5.63. The molecule has 0 unspecified atom stereocenters. The van der Waals surface area contributed by atoms with Crippen molar-refractivity contribution in [2.75, 3.05) is 26.2 Å². The van der Waals surface area contributed by atoms with Crippen molar-refractivity contribution in [1.29, 1.82) is 0 Å². The van der Waals surface area contributed by atoms with Crippen LogP contribution in [0.15, 0.2) is 12.1 Å². The molecule has 0 N–H and O–H groups in total. The highest BCUT2D eigenvalue weighted by Crippen LogP contribution is 2.18. The molecule has 4 nitrogen and oxygen atoms in total. The smallest absolute Gasteiger partial charge is 0.264 e. The summed E-state index contributed by atoms with van der Waals surface area (Å²) in [6.45, 7) is 7.74. The van der Waals surface area contributed by atoms with Gasteiger partial charge in [-0.15, -0.1) is 11.3 Å². The molecule has 0 radical (unpaired) electrons. The molecule has 1 fully saturated rings. The fraction of sp³-hybridized carbons (Fsp3) is 0.538. The Morgan fingerprint density at radius 1 is 1.28 bits per heavy atom. The predicted molar refractivity (Wildman–Crippen MR) is 72.3 cm³/mol. The molecule has 1 saturated heterocycles. The van der Waals surface area contributed by atoms with Crippen LogP contribution in [0.1, 0.15) is 33.2 Å². The molecule has 0 saturated carbocycles. The largest absolute Gasteiger partial charge is 0.335 e. The Balaban J connectivity index is 1.97. The highest BCUT2D eigenvalue weighted by atomic mass is 32.1. The first-order valence-electron chi connectivity index (χ1n) is 6.20. The van der Waals surface area contributed by atoms with Crippen molar-refractivity contribution in [1.82, 2.24) is 9.80 Å². The molecule has 18 heavy (non-hydrogen) atoms. The highest BCUT2D eigenvalue weighted by Gasteiger charge is 2.24. The van der Waals surface area contributed by atoms with Crippen molar-refractivity contribution in [2.45, 2.75) is 19.9 Å². The molecule has 5 heteroatoms. The second-order valence-electron chi connectivity index (χ2n) is 4.74. The molecular weight excluding hydrogens is 248 g/mol. The Labute approximate surface area is 111 Å². The van der Waals surface area contributed by atoms with Crippen LogP contribution in [-0.4, -0.2) is 54.2 Å². The number of carbonyl (C=O) groups excluding carboxylic acids is 2. The van der Waals surface area contributed by atoms with Crippen molar-refractivity contribution in [2.24, 2.45) is 0 Å². The molecule has 1 aliphatic heterocycles. The van der Waals surface area contributed by atoms with E-state index in [-0.39, 0.29) is 5.91 Å². The molecule has 2 heterocycles. The maximum Gasteiger partial charge on any atom is 0.264 e. The van der Waals surface area contributed by atoms with E-state index in [4.69, 9.17) is 0 Å². The summed E-state index contributed by atoms with van der Waals surface area (Å²) in [5.74, 6) is 0.0523. The zero-order valence-corrected chi connectivity index (χ0v) is 11.6. The Kier molecular flexibility index (Phi) is 4.14. The van der Waals surface area contributed by atoms with Gasteiger partial charge in [-0.05, 0) is 26.0 Å². The SMILES string of the molecule is CC(C)N1CCN(C(=O)c2ccc(C=O)s2)CC1. The molecule has 2 rings (SSSR count). The van der Waals surface area contributed by atoms with Gasteiger partial charge < -0.3 is 4.90 Å². The minimum absolute atomic E-state index is 0.0523. The van der Waals surface area contributed by atoms with Gasteiger partial charge in [0.15, 0.2) is 6.29 Å². The fourth-order valence-electron chi connectivity index (χ4n) is 2.13. The van der Waals surface area contributed by atoms with Crippen molar-refractivity contribution in [3.05, 3.63) is 21.9 Å². The van der Waals surface area contributed by atoms with E-state index in [9.17, 15) is 9.59 Å². The summed E-state index contributed by atoms with van der Waals surface area (Å²) < 4.78 is 0. The van der Waals surface area contributed by atoms with Crippen molar-refractivity contribution in [3.63, 3.8) is 0 Å². The third-order valence-corrected chi connectivity index (χ3v) is 4.28. The van der Waals surface area contributed by atoms with Crippen LogP contribution in [0.3, 0.4) is 0 Å². The van der Waals surface area contributed by atoms with E-state index in [1.165, 1.54) is 11.3 Å². The summed E-state index contributed by atoms with van der Waals surface area (Å²) in [7, 11) is 0. The second-order valence-corrected chi connectivity index (χ2v) is 5.86. The van der Waals surface area contributed by atoms with E-state index in [1.807, 2.05) is 4.90 Å². The van der Waals surface area contributed by atoms with Crippen LogP contribution in [0.25, 0.3) is 0 Å². The molecule has 1 aromatic rings. The summed E-state index contributed by atoms with van der Waals surface area (Å²) in [5.41, 5.74) is 0. The lowest BCUT2D eigenvalue weighted by atomic mass is 10.2. The van der Waals surface area contributed by atoms with Crippen molar-refractivity contribution < 1.29 is 9.59 Å². The van der Waals surface area contributed by atoms with Gasteiger partial charge in [-0.1, -0.05) is 0 Å². The van der Waals surface area contributed by atoms with Gasteiger partial charge in [0.1, 0.15) is 0 Å². The molecule has 98 valence electrons. The molecule has 1 amide bonds. The number of rotatable bonds is 3. The molecule has 0 spiro atoms. The maximum atomic E-state index is 12.2. The minimum atomic E-state index is 0.0523. The Morgan fingerprint density at radius 3 is 2.44 bits per heavy atom. The van der Waals surface area contributed by atoms with E-state index < -0.39 is 0 Å². The van der Waals surface area contributed by atoms with Gasteiger partial charge in [-0.25, -0.2) is 0 Å². The number of carbonyl (C=O) groups is 2. The number of nitrogens with zero attached hydrogens (tertiary/aromatic N) is 2. The molecular formula is C13H18N2O2S. The van der Waals surface area contributed by atoms with Crippen molar-refractivity contribution in [3.8, 4) is 0 Å².